The van der Waals surface area contributed by atoms with Gasteiger partial charge in [-0.25, -0.2) is 0 Å². The Hall–Kier alpha value is -2.49. The highest BCUT2D eigenvalue weighted by molar-refractivity contribution is 5.97. The van der Waals surface area contributed by atoms with Gasteiger partial charge in [-0.2, -0.15) is 5.10 Å². The third kappa shape index (κ3) is 2.84. The minimum Gasteiger partial charge on any atom is -0.507 e. The molecule has 0 fully saturated rings. The van der Waals surface area contributed by atoms with Crippen molar-refractivity contribution in [3.8, 4) is 5.75 Å². The average molecular weight is 281 g/mol. The van der Waals surface area contributed by atoms with Crippen molar-refractivity contribution < 1.29 is 5.11 Å². The van der Waals surface area contributed by atoms with E-state index in [2.05, 4.69) is 23.5 Å². The molecule has 0 aliphatic heterocycles. The van der Waals surface area contributed by atoms with Crippen molar-refractivity contribution in [3.63, 3.8) is 0 Å². The van der Waals surface area contributed by atoms with Gasteiger partial charge in [0.1, 0.15) is 5.75 Å². The molecule has 0 unspecified atom stereocenters. The van der Waals surface area contributed by atoms with Gasteiger partial charge in [0.05, 0.1) is 6.20 Å². The number of rotatable bonds is 5. The number of aromatic hydroxyl groups is 1. The molecule has 0 bridgehead atoms. The molecule has 3 rings (SSSR count). The van der Waals surface area contributed by atoms with Gasteiger partial charge in [0.25, 0.3) is 0 Å². The second-order valence-electron chi connectivity index (χ2n) is 5.14. The van der Waals surface area contributed by atoms with Crippen molar-refractivity contribution in [2.75, 3.05) is 5.32 Å². The van der Waals surface area contributed by atoms with Crippen molar-refractivity contribution >= 4 is 16.5 Å². The monoisotopic (exact) mass is 281 g/mol. The molecule has 4 heteroatoms. The van der Waals surface area contributed by atoms with Crippen LogP contribution in [0, 0.1) is 0 Å². The first-order valence-electron chi connectivity index (χ1n) is 7.24. The van der Waals surface area contributed by atoms with Gasteiger partial charge in [-0.3, -0.25) is 4.68 Å². The molecule has 1 aromatic heterocycles. The number of phenols is 1. The molecule has 0 radical (unpaired) electrons. The van der Waals surface area contributed by atoms with E-state index in [4.69, 9.17) is 0 Å². The van der Waals surface area contributed by atoms with E-state index in [0.717, 1.165) is 41.5 Å². The Morgan fingerprint density at radius 3 is 2.81 bits per heavy atom. The summed E-state index contributed by atoms with van der Waals surface area (Å²) in [5, 5.41) is 19.5. The molecule has 0 saturated carbocycles. The van der Waals surface area contributed by atoms with Crippen molar-refractivity contribution in [2.24, 2.45) is 0 Å². The molecule has 0 atom stereocenters. The number of phenolic OH excluding ortho intramolecular Hbond substituents is 1. The molecule has 0 spiro atoms. The van der Waals surface area contributed by atoms with Crippen LogP contribution in [0.4, 0.5) is 5.69 Å². The summed E-state index contributed by atoms with van der Waals surface area (Å²) in [7, 11) is 0. The fourth-order valence-corrected chi connectivity index (χ4v) is 2.49. The minimum atomic E-state index is 0.312. The molecule has 21 heavy (non-hydrogen) atoms. The highest BCUT2D eigenvalue weighted by Crippen LogP contribution is 2.29. The number of aromatic nitrogens is 2. The van der Waals surface area contributed by atoms with Crippen LogP contribution in [-0.2, 0) is 13.1 Å². The summed E-state index contributed by atoms with van der Waals surface area (Å²) in [5.41, 5.74) is 2.17. The van der Waals surface area contributed by atoms with E-state index in [-0.39, 0.29) is 0 Å². The van der Waals surface area contributed by atoms with E-state index in [1.165, 1.54) is 0 Å². The summed E-state index contributed by atoms with van der Waals surface area (Å²) >= 11 is 0. The highest BCUT2D eigenvalue weighted by Gasteiger charge is 2.04. The highest BCUT2D eigenvalue weighted by atomic mass is 16.3. The molecule has 0 saturated heterocycles. The summed E-state index contributed by atoms with van der Waals surface area (Å²) in [6.07, 6.45) is 5.04. The number of hydrogen-bond acceptors (Lipinski definition) is 3. The SMILES string of the molecule is CCCn1cc(CNc2cccc3c(O)cccc23)cn1. The fraction of sp³-hybridized carbons (Fsp3) is 0.235. The summed E-state index contributed by atoms with van der Waals surface area (Å²) in [6, 6.07) is 11.5. The maximum atomic E-state index is 9.90. The third-order valence-electron chi connectivity index (χ3n) is 3.52. The minimum absolute atomic E-state index is 0.312. The molecule has 108 valence electrons. The lowest BCUT2D eigenvalue weighted by molar-refractivity contribution is 0.481. The van der Waals surface area contributed by atoms with Crippen molar-refractivity contribution in [3.05, 3.63) is 54.4 Å². The lowest BCUT2D eigenvalue weighted by Crippen LogP contribution is -1.99. The topological polar surface area (TPSA) is 50.1 Å². The van der Waals surface area contributed by atoms with Crippen molar-refractivity contribution in [1.82, 2.24) is 9.78 Å². The number of hydrogen-bond donors (Lipinski definition) is 2. The predicted molar refractivity (Wildman–Crippen MR) is 85.5 cm³/mol. The zero-order chi connectivity index (χ0) is 14.7. The normalized spacial score (nSPS) is 10.9. The Morgan fingerprint density at radius 1 is 1.14 bits per heavy atom. The first-order chi connectivity index (χ1) is 10.3. The van der Waals surface area contributed by atoms with Gasteiger partial charge in [0.2, 0.25) is 0 Å². The summed E-state index contributed by atoms with van der Waals surface area (Å²) in [5.74, 6) is 0.312. The van der Waals surface area contributed by atoms with Crippen LogP contribution in [0.15, 0.2) is 48.8 Å². The molecule has 0 aliphatic carbocycles. The zero-order valence-electron chi connectivity index (χ0n) is 12.1. The number of nitrogens with one attached hydrogen (secondary N) is 1. The van der Waals surface area contributed by atoms with E-state index in [0.29, 0.717) is 5.75 Å². The lowest BCUT2D eigenvalue weighted by atomic mass is 10.1. The van der Waals surface area contributed by atoms with E-state index < -0.39 is 0 Å². The average Bonchev–Trinajstić information content (AvgIpc) is 2.94. The number of anilines is 1. The van der Waals surface area contributed by atoms with Crippen molar-refractivity contribution in [1.29, 1.82) is 0 Å². The van der Waals surface area contributed by atoms with Gasteiger partial charge in [-0.1, -0.05) is 31.2 Å². The van der Waals surface area contributed by atoms with Crippen LogP contribution in [0.5, 0.6) is 5.75 Å². The molecule has 4 nitrogen and oxygen atoms in total. The Morgan fingerprint density at radius 2 is 1.95 bits per heavy atom. The molecule has 0 aliphatic rings. The predicted octanol–water partition coefficient (Wildman–Crippen LogP) is 3.76. The van der Waals surface area contributed by atoms with Crippen LogP contribution in [0.1, 0.15) is 18.9 Å². The molecule has 2 aromatic carbocycles. The summed E-state index contributed by atoms with van der Waals surface area (Å²) in [4.78, 5) is 0. The first-order valence-corrected chi connectivity index (χ1v) is 7.24. The van der Waals surface area contributed by atoms with Crippen LogP contribution in [0.3, 0.4) is 0 Å². The molecule has 2 N–H and O–H groups in total. The van der Waals surface area contributed by atoms with E-state index in [1.807, 2.05) is 41.2 Å². The van der Waals surface area contributed by atoms with Gasteiger partial charge in [0.15, 0.2) is 0 Å². The maximum absolute atomic E-state index is 9.90. The Bertz CT molecular complexity index is 749. The van der Waals surface area contributed by atoms with E-state index in [1.54, 1.807) is 6.07 Å². The standard InChI is InChI=1S/C17H19N3O/c1-2-9-20-12-13(11-19-20)10-18-16-7-3-6-15-14(16)5-4-8-17(15)21/h3-8,11-12,18,21H,2,9-10H2,1H3. The van der Waals surface area contributed by atoms with Gasteiger partial charge >= 0.3 is 0 Å². The van der Waals surface area contributed by atoms with Crippen LogP contribution in [-0.4, -0.2) is 14.9 Å². The quantitative estimate of drug-likeness (QED) is 0.748. The van der Waals surface area contributed by atoms with E-state index in [9.17, 15) is 5.11 Å². The molecule has 3 aromatic rings. The molecule has 0 amide bonds. The largest absolute Gasteiger partial charge is 0.507 e. The lowest BCUT2D eigenvalue weighted by Gasteiger charge is -2.09. The van der Waals surface area contributed by atoms with Gasteiger partial charge < -0.3 is 10.4 Å². The van der Waals surface area contributed by atoms with Crippen LogP contribution < -0.4 is 5.32 Å². The van der Waals surface area contributed by atoms with Crippen molar-refractivity contribution in [2.45, 2.75) is 26.4 Å². The molecular formula is C17H19N3O. The van der Waals surface area contributed by atoms with E-state index >= 15 is 0 Å². The summed E-state index contributed by atoms with van der Waals surface area (Å²) in [6.45, 7) is 3.81. The number of benzene rings is 2. The van der Waals surface area contributed by atoms with Crippen LogP contribution in [0.2, 0.25) is 0 Å². The first kappa shape index (κ1) is 13.5. The zero-order valence-corrected chi connectivity index (χ0v) is 12.1. The molecule has 1 heterocycles. The molecular weight excluding hydrogens is 262 g/mol. The van der Waals surface area contributed by atoms with Gasteiger partial charge in [-0.05, 0) is 18.6 Å². The fourth-order valence-electron chi connectivity index (χ4n) is 2.49. The van der Waals surface area contributed by atoms with Crippen LogP contribution in [0.25, 0.3) is 10.8 Å². The number of nitrogens with zero attached hydrogens (tertiary/aromatic N) is 2. The number of fused-ring (bicyclic) bond motifs is 1. The summed E-state index contributed by atoms with van der Waals surface area (Å²) < 4.78 is 1.96. The maximum Gasteiger partial charge on any atom is 0.123 e. The van der Waals surface area contributed by atoms with Gasteiger partial charge in [0, 0.05) is 41.3 Å². The second-order valence-corrected chi connectivity index (χ2v) is 5.14. The Kier molecular flexibility index (Phi) is 3.77. The van der Waals surface area contributed by atoms with Crippen LogP contribution >= 0.6 is 0 Å². The number of aryl methyl sites for hydroxylation is 1. The smallest absolute Gasteiger partial charge is 0.123 e. The van der Waals surface area contributed by atoms with Gasteiger partial charge in [-0.15, -0.1) is 0 Å². The Balaban J connectivity index is 1.80. The second kappa shape index (κ2) is 5.87. The Labute approximate surface area is 124 Å². The third-order valence-corrected chi connectivity index (χ3v) is 3.52.